The molecule has 1 aromatic carbocycles. The molecule has 0 saturated heterocycles. The van der Waals surface area contributed by atoms with Gasteiger partial charge in [-0.15, -0.1) is 0 Å². The van der Waals surface area contributed by atoms with Crippen LogP contribution in [0.1, 0.15) is 115 Å². The zero-order valence-corrected chi connectivity index (χ0v) is 19.5. The lowest BCUT2D eigenvalue weighted by atomic mass is 9.89. The van der Waals surface area contributed by atoms with Gasteiger partial charge in [-0.1, -0.05) is 71.1 Å². The quantitative estimate of drug-likeness (QED) is 0.222. The van der Waals surface area contributed by atoms with Gasteiger partial charge in [0.1, 0.15) is 5.60 Å². The first kappa shape index (κ1) is 24.0. The van der Waals surface area contributed by atoms with Crippen molar-refractivity contribution < 1.29 is 9.53 Å². The van der Waals surface area contributed by atoms with Crippen LogP contribution >= 0.6 is 0 Å². The van der Waals surface area contributed by atoms with Crippen molar-refractivity contribution in [3.05, 3.63) is 34.9 Å². The van der Waals surface area contributed by atoms with E-state index in [9.17, 15) is 4.79 Å². The standard InChI is InChI=1S/C27H44O2/c1-23-24(14-9-5-7-11-18-26(2,3)4)16-13-17-25(23)15-10-6-8-12-19-27(20-21-27)29-22-28/h13,16-17,22H,5-12,14-15,18-21H2,1-4H3. The van der Waals surface area contributed by atoms with Crippen LogP contribution in [0.4, 0.5) is 0 Å². The summed E-state index contributed by atoms with van der Waals surface area (Å²) in [5.74, 6) is 0. The number of carbonyl (C=O) groups excluding carboxylic acids is 1. The van der Waals surface area contributed by atoms with Crippen LogP contribution in [0.2, 0.25) is 0 Å². The Morgan fingerprint density at radius 3 is 1.97 bits per heavy atom. The van der Waals surface area contributed by atoms with Crippen molar-refractivity contribution in [3.8, 4) is 0 Å². The number of hydrogen-bond acceptors (Lipinski definition) is 2. The third-order valence-electron chi connectivity index (χ3n) is 6.62. The van der Waals surface area contributed by atoms with Gasteiger partial charge in [0.25, 0.3) is 6.47 Å². The van der Waals surface area contributed by atoms with Crippen LogP contribution in [-0.2, 0) is 22.4 Å². The summed E-state index contributed by atoms with van der Waals surface area (Å²) >= 11 is 0. The predicted molar refractivity (Wildman–Crippen MR) is 123 cm³/mol. The number of benzene rings is 1. The zero-order chi connectivity index (χ0) is 21.2. The highest BCUT2D eigenvalue weighted by molar-refractivity contribution is 5.39. The lowest BCUT2D eigenvalue weighted by Gasteiger charge is -2.17. The van der Waals surface area contributed by atoms with Crippen molar-refractivity contribution in [1.29, 1.82) is 0 Å². The van der Waals surface area contributed by atoms with Gasteiger partial charge in [0, 0.05) is 0 Å². The summed E-state index contributed by atoms with van der Waals surface area (Å²) < 4.78 is 5.23. The third kappa shape index (κ3) is 9.36. The first-order valence-electron chi connectivity index (χ1n) is 12.0. The minimum absolute atomic E-state index is 0.0700. The Morgan fingerprint density at radius 1 is 0.897 bits per heavy atom. The maximum absolute atomic E-state index is 10.5. The number of carbonyl (C=O) groups is 1. The summed E-state index contributed by atoms with van der Waals surface area (Å²) in [6.45, 7) is 9.97. The van der Waals surface area contributed by atoms with Crippen molar-refractivity contribution in [3.63, 3.8) is 0 Å². The topological polar surface area (TPSA) is 26.3 Å². The van der Waals surface area contributed by atoms with E-state index in [0.29, 0.717) is 11.9 Å². The van der Waals surface area contributed by atoms with Gasteiger partial charge < -0.3 is 4.74 Å². The number of aryl methyl sites for hydroxylation is 2. The summed E-state index contributed by atoms with van der Waals surface area (Å²) in [5.41, 5.74) is 5.03. The maximum atomic E-state index is 10.5. The van der Waals surface area contributed by atoms with Gasteiger partial charge in [-0.25, -0.2) is 0 Å². The number of ether oxygens (including phenoxy) is 1. The molecule has 2 nitrogen and oxygen atoms in total. The molecule has 0 bridgehead atoms. The van der Waals surface area contributed by atoms with Crippen LogP contribution in [0, 0.1) is 12.3 Å². The van der Waals surface area contributed by atoms with Gasteiger partial charge in [0.2, 0.25) is 0 Å². The van der Waals surface area contributed by atoms with Gasteiger partial charge in [0.05, 0.1) is 0 Å². The summed E-state index contributed by atoms with van der Waals surface area (Å²) in [7, 11) is 0. The van der Waals surface area contributed by atoms with Gasteiger partial charge >= 0.3 is 0 Å². The Bertz CT molecular complexity index is 607. The predicted octanol–water partition coefficient (Wildman–Crippen LogP) is 7.73. The monoisotopic (exact) mass is 400 g/mol. The molecule has 1 aliphatic rings. The summed E-state index contributed by atoms with van der Waals surface area (Å²) in [6.07, 6.45) is 17.3. The molecule has 0 amide bonds. The molecule has 0 aromatic heterocycles. The minimum atomic E-state index is -0.0700. The molecule has 0 aliphatic heterocycles. The van der Waals surface area contributed by atoms with Crippen molar-refractivity contribution in [2.24, 2.45) is 5.41 Å². The van der Waals surface area contributed by atoms with Crippen LogP contribution < -0.4 is 0 Å². The largest absolute Gasteiger partial charge is 0.461 e. The molecule has 0 N–H and O–H groups in total. The Labute approximate surface area is 179 Å². The molecule has 2 rings (SSSR count). The third-order valence-corrected chi connectivity index (χ3v) is 6.62. The fourth-order valence-corrected chi connectivity index (χ4v) is 4.39. The fraction of sp³-hybridized carbons (Fsp3) is 0.741. The van der Waals surface area contributed by atoms with E-state index in [0.717, 1.165) is 19.3 Å². The van der Waals surface area contributed by atoms with Crippen molar-refractivity contribution in [2.45, 2.75) is 123 Å². The van der Waals surface area contributed by atoms with E-state index in [-0.39, 0.29) is 5.60 Å². The molecular weight excluding hydrogens is 356 g/mol. The second kappa shape index (κ2) is 11.8. The Morgan fingerprint density at radius 2 is 1.45 bits per heavy atom. The lowest BCUT2D eigenvalue weighted by Crippen LogP contribution is -2.12. The first-order valence-corrected chi connectivity index (χ1v) is 12.0. The smallest absolute Gasteiger partial charge is 0.293 e. The minimum Gasteiger partial charge on any atom is -0.461 e. The molecule has 0 heterocycles. The van der Waals surface area contributed by atoms with Crippen molar-refractivity contribution in [1.82, 2.24) is 0 Å². The Balaban J connectivity index is 1.60. The SMILES string of the molecule is Cc1c(CCCCCCC(C)(C)C)cccc1CCCCCCC1(OC=O)CC1. The molecule has 2 heteroatoms. The summed E-state index contributed by atoms with van der Waals surface area (Å²) in [6, 6.07) is 6.90. The van der Waals surface area contributed by atoms with Gasteiger partial charge in [-0.3, -0.25) is 4.79 Å². The highest BCUT2D eigenvalue weighted by atomic mass is 16.5. The van der Waals surface area contributed by atoms with Crippen LogP contribution in [0.3, 0.4) is 0 Å². The number of hydrogen-bond donors (Lipinski definition) is 0. The molecule has 0 unspecified atom stereocenters. The van der Waals surface area contributed by atoms with E-state index >= 15 is 0 Å². The molecule has 1 fully saturated rings. The molecule has 1 aromatic rings. The van der Waals surface area contributed by atoms with E-state index < -0.39 is 0 Å². The normalized spacial score (nSPS) is 15.3. The molecule has 29 heavy (non-hydrogen) atoms. The van der Waals surface area contributed by atoms with E-state index in [4.69, 9.17) is 4.74 Å². The van der Waals surface area contributed by atoms with Gasteiger partial charge in [-0.05, 0) is 86.8 Å². The highest BCUT2D eigenvalue weighted by Crippen LogP contribution is 2.43. The van der Waals surface area contributed by atoms with Gasteiger partial charge in [-0.2, -0.15) is 0 Å². The average Bonchev–Trinajstić information content (AvgIpc) is 3.42. The van der Waals surface area contributed by atoms with E-state index in [1.807, 2.05) is 0 Å². The average molecular weight is 401 g/mol. The number of unbranched alkanes of at least 4 members (excludes halogenated alkanes) is 6. The zero-order valence-electron chi connectivity index (χ0n) is 19.5. The van der Waals surface area contributed by atoms with Crippen LogP contribution in [0.25, 0.3) is 0 Å². The molecule has 0 radical (unpaired) electrons. The van der Waals surface area contributed by atoms with Crippen molar-refractivity contribution >= 4 is 6.47 Å². The highest BCUT2D eigenvalue weighted by Gasteiger charge is 2.44. The van der Waals surface area contributed by atoms with Crippen LogP contribution in [0.15, 0.2) is 18.2 Å². The van der Waals surface area contributed by atoms with Gasteiger partial charge in [0.15, 0.2) is 0 Å². The second-order valence-electron chi connectivity index (χ2n) is 10.5. The molecule has 0 spiro atoms. The van der Waals surface area contributed by atoms with E-state index in [1.165, 1.54) is 81.8 Å². The fourth-order valence-electron chi connectivity index (χ4n) is 4.39. The van der Waals surface area contributed by atoms with E-state index in [1.54, 1.807) is 5.56 Å². The molecule has 164 valence electrons. The molecular formula is C27H44O2. The van der Waals surface area contributed by atoms with Crippen LogP contribution in [0.5, 0.6) is 0 Å². The molecule has 0 atom stereocenters. The Hall–Kier alpha value is -1.31. The number of rotatable bonds is 15. The second-order valence-corrected chi connectivity index (χ2v) is 10.5. The lowest BCUT2D eigenvalue weighted by molar-refractivity contribution is -0.135. The van der Waals surface area contributed by atoms with Crippen LogP contribution in [-0.4, -0.2) is 12.1 Å². The van der Waals surface area contributed by atoms with E-state index in [2.05, 4.69) is 45.9 Å². The molecule has 1 saturated carbocycles. The first-order chi connectivity index (χ1) is 13.9. The molecule has 1 aliphatic carbocycles. The van der Waals surface area contributed by atoms with Crippen molar-refractivity contribution in [2.75, 3.05) is 0 Å². The Kier molecular flexibility index (Phi) is 9.72. The summed E-state index contributed by atoms with van der Waals surface area (Å²) in [4.78, 5) is 10.5. The summed E-state index contributed by atoms with van der Waals surface area (Å²) in [5, 5.41) is 0. The maximum Gasteiger partial charge on any atom is 0.293 e.